The number of aryl methyl sites for hydroxylation is 1. The van der Waals surface area contributed by atoms with Crippen LogP contribution in [0.4, 0.5) is 4.39 Å². The van der Waals surface area contributed by atoms with Crippen molar-refractivity contribution < 1.29 is 23.4 Å². The van der Waals surface area contributed by atoms with Crippen LogP contribution in [0.1, 0.15) is 35.4 Å². The van der Waals surface area contributed by atoms with Crippen molar-refractivity contribution in [1.29, 1.82) is 5.26 Å². The molecule has 0 unspecified atom stereocenters. The average molecular weight is 597 g/mol. The molecule has 1 aliphatic heterocycles. The van der Waals surface area contributed by atoms with Crippen molar-refractivity contribution in [2.24, 2.45) is 0 Å². The Labute approximate surface area is 246 Å². The van der Waals surface area contributed by atoms with Crippen LogP contribution < -0.4 is 9.47 Å². The number of likely N-dealkylation sites (tertiary alicyclic amines) is 1. The number of aliphatic hydroxyl groups is 1. The zero-order valence-corrected chi connectivity index (χ0v) is 23.8. The fourth-order valence-electron chi connectivity index (χ4n) is 4.68. The molecule has 0 aliphatic carbocycles. The summed E-state index contributed by atoms with van der Waals surface area (Å²) in [7, 11) is 0. The zero-order valence-electron chi connectivity index (χ0n) is 22.2. The van der Waals surface area contributed by atoms with Gasteiger partial charge in [-0.3, -0.25) is 0 Å². The molecular weight excluding hydrogens is 570 g/mol. The second kappa shape index (κ2) is 12.9. The molecule has 1 fully saturated rings. The van der Waals surface area contributed by atoms with E-state index < -0.39 is 11.9 Å². The Morgan fingerprint density at radius 2 is 1.90 bits per heavy atom. The van der Waals surface area contributed by atoms with Crippen LogP contribution in [-0.2, 0) is 6.42 Å². The van der Waals surface area contributed by atoms with E-state index in [4.69, 9.17) is 42.4 Å². The number of ether oxygens (including phenoxy) is 2. The zero-order chi connectivity index (χ0) is 28.9. The number of benzene rings is 3. The summed E-state index contributed by atoms with van der Waals surface area (Å²) in [4.78, 5) is 2.24. The number of nitriles is 1. The van der Waals surface area contributed by atoms with E-state index in [1.807, 2.05) is 25.1 Å². The lowest BCUT2D eigenvalue weighted by molar-refractivity contribution is 0.0758. The standard InChI is InChI=1S/C30H27Cl2FN4O4/c1-18-10-23(39-17-22(38)16-37-8-2-3-9-37)5-6-25(18)30-36-35-27(41-30)13-20-4-7-26(32)29(28(20)33)40-24-12-19(15-34)11-21(31)14-24/h4-7,10-12,14,22,38H,2-3,8-9,13,16-17H2,1H3/t22-/m0/s1. The summed E-state index contributed by atoms with van der Waals surface area (Å²) in [6.45, 7) is 4.73. The van der Waals surface area contributed by atoms with Gasteiger partial charge in [-0.25, -0.2) is 4.39 Å². The predicted octanol–water partition coefficient (Wildman–Crippen LogP) is 6.58. The molecule has 1 N–H and O–H groups in total. The summed E-state index contributed by atoms with van der Waals surface area (Å²) < 4.78 is 32.8. The molecule has 1 saturated heterocycles. The van der Waals surface area contributed by atoms with E-state index in [9.17, 15) is 5.11 Å². The third-order valence-electron chi connectivity index (χ3n) is 6.70. The largest absolute Gasteiger partial charge is 0.491 e. The number of aromatic nitrogens is 2. The van der Waals surface area contributed by atoms with Crippen molar-refractivity contribution in [3.8, 4) is 34.8 Å². The third-order valence-corrected chi connectivity index (χ3v) is 7.21. The van der Waals surface area contributed by atoms with E-state index >= 15 is 4.39 Å². The fourth-order valence-corrected chi connectivity index (χ4v) is 5.09. The normalized spacial score (nSPS) is 14.1. The van der Waals surface area contributed by atoms with Crippen molar-refractivity contribution in [2.75, 3.05) is 26.2 Å². The predicted molar refractivity (Wildman–Crippen MR) is 152 cm³/mol. The Bertz CT molecular complexity index is 1580. The van der Waals surface area contributed by atoms with Crippen molar-refractivity contribution in [1.82, 2.24) is 15.1 Å². The highest BCUT2D eigenvalue weighted by atomic mass is 35.5. The van der Waals surface area contributed by atoms with Crippen LogP contribution >= 0.6 is 23.2 Å². The van der Waals surface area contributed by atoms with Gasteiger partial charge in [0.15, 0.2) is 11.6 Å². The van der Waals surface area contributed by atoms with E-state index in [2.05, 4.69) is 15.1 Å². The summed E-state index contributed by atoms with van der Waals surface area (Å²) >= 11 is 12.3. The van der Waals surface area contributed by atoms with E-state index in [-0.39, 0.29) is 57.5 Å². The highest BCUT2D eigenvalue weighted by Gasteiger charge is 2.20. The molecule has 0 radical (unpaired) electrons. The maximum Gasteiger partial charge on any atom is 0.248 e. The molecule has 2 heterocycles. The highest BCUT2D eigenvalue weighted by Crippen LogP contribution is 2.36. The lowest BCUT2D eigenvalue weighted by Gasteiger charge is -2.19. The molecule has 0 spiro atoms. The maximum atomic E-state index is 15.4. The van der Waals surface area contributed by atoms with E-state index in [0.29, 0.717) is 17.9 Å². The molecular formula is C30H27Cl2FN4O4. The number of rotatable bonds is 10. The van der Waals surface area contributed by atoms with Gasteiger partial charge in [0.25, 0.3) is 0 Å². The van der Waals surface area contributed by atoms with Crippen LogP contribution in [-0.4, -0.2) is 52.5 Å². The second-order valence-electron chi connectivity index (χ2n) is 9.87. The van der Waals surface area contributed by atoms with Crippen LogP contribution in [0.3, 0.4) is 0 Å². The van der Waals surface area contributed by atoms with Gasteiger partial charge in [0, 0.05) is 22.7 Å². The highest BCUT2D eigenvalue weighted by molar-refractivity contribution is 6.32. The molecule has 0 amide bonds. The topological polar surface area (TPSA) is 105 Å². The van der Waals surface area contributed by atoms with Gasteiger partial charge in [0.05, 0.1) is 23.1 Å². The van der Waals surface area contributed by atoms with Gasteiger partial charge in [-0.05, 0) is 80.9 Å². The molecule has 41 heavy (non-hydrogen) atoms. The van der Waals surface area contributed by atoms with Crippen molar-refractivity contribution in [2.45, 2.75) is 32.3 Å². The number of nitrogens with zero attached hydrogens (tertiary/aromatic N) is 4. The number of β-amino-alcohol motifs (C(OH)–C–C–N with tert-alkyl or cyclic N) is 1. The molecule has 11 heteroatoms. The monoisotopic (exact) mass is 596 g/mol. The Hall–Kier alpha value is -3.68. The fraction of sp³-hybridized carbons (Fsp3) is 0.300. The van der Waals surface area contributed by atoms with Crippen molar-refractivity contribution >= 4 is 23.2 Å². The maximum absolute atomic E-state index is 15.4. The summed E-state index contributed by atoms with van der Waals surface area (Å²) in [5.74, 6) is 0.394. The second-order valence-corrected chi connectivity index (χ2v) is 10.7. The quantitative estimate of drug-likeness (QED) is 0.219. The van der Waals surface area contributed by atoms with Crippen LogP contribution in [0.2, 0.25) is 10.0 Å². The minimum Gasteiger partial charge on any atom is -0.491 e. The summed E-state index contributed by atoms with van der Waals surface area (Å²) in [5, 5.41) is 28.0. The van der Waals surface area contributed by atoms with Gasteiger partial charge in [0.2, 0.25) is 11.8 Å². The summed E-state index contributed by atoms with van der Waals surface area (Å²) in [5.41, 5.74) is 2.06. The molecule has 1 aliphatic rings. The van der Waals surface area contributed by atoms with Gasteiger partial charge in [0.1, 0.15) is 24.2 Å². The van der Waals surface area contributed by atoms with Gasteiger partial charge >= 0.3 is 0 Å². The molecule has 8 nitrogen and oxygen atoms in total. The molecule has 1 aromatic heterocycles. The van der Waals surface area contributed by atoms with E-state index in [1.54, 1.807) is 6.07 Å². The first-order chi connectivity index (χ1) is 19.8. The molecule has 3 aromatic carbocycles. The SMILES string of the molecule is Cc1cc(OC[C@@H](O)CN2CCCC2)ccc1-c1nnc(Cc2ccc(Cl)c(Oc3cc(Cl)cc(C#N)c3)c2F)o1. The summed E-state index contributed by atoms with van der Waals surface area (Å²) in [6.07, 6.45) is 1.78. The Morgan fingerprint density at radius 1 is 1.10 bits per heavy atom. The van der Waals surface area contributed by atoms with Crippen molar-refractivity contribution in [3.05, 3.63) is 87.0 Å². The third kappa shape index (κ3) is 7.16. The van der Waals surface area contributed by atoms with Crippen LogP contribution in [0, 0.1) is 24.1 Å². The number of hydrogen-bond donors (Lipinski definition) is 1. The Morgan fingerprint density at radius 3 is 2.66 bits per heavy atom. The van der Waals surface area contributed by atoms with Crippen molar-refractivity contribution in [3.63, 3.8) is 0 Å². The number of aliphatic hydroxyl groups excluding tert-OH is 1. The van der Waals surface area contributed by atoms with E-state index in [0.717, 1.165) is 18.7 Å². The summed E-state index contributed by atoms with van der Waals surface area (Å²) in [6, 6.07) is 14.8. The minimum absolute atomic E-state index is 0.000498. The van der Waals surface area contributed by atoms with Crippen LogP contribution in [0.25, 0.3) is 11.5 Å². The number of hydrogen-bond acceptors (Lipinski definition) is 8. The molecule has 5 rings (SSSR count). The van der Waals surface area contributed by atoms with E-state index in [1.165, 1.54) is 43.2 Å². The first kappa shape index (κ1) is 28.8. The van der Waals surface area contributed by atoms with Gasteiger partial charge < -0.3 is 23.9 Å². The Kier molecular flexibility index (Phi) is 9.06. The molecule has 0 bridgehead atoms. The van der Waals surface area contributed by atoms with Crippen LogP contribution in [0.15, 0.2) is 52.9 Å². The first-order valence-corrected chi connectivity index (χ1v) is 13.9. The average Bonchev–Trinajstić information content (AvgIpc) is 3.63. The molecule has 212 valence electrons. The minimum atomic E-state index is -0.694. The Balaban J connectivity index is 1.26. The molecule has 0 saturated carbocycles. The van der Waals surface area contributed by atoms with Gasteiger partial charge in [-0.2, -0.15) is 5.26 Å². The molecule has 4 aromatic rings. The lowest BCUT2D eigenvalue weighted by Crippen LogP contribution is -2.33. The van der Waals surface area contributed by atoms with Crippen LogP contribution in [0.5, 0.6) is 17.2 Å². The number of halogens is 3. The van der Waals surface area contributed by atoms with Gasteiger partial charge in [-0.1, -0.05) is 29.3 Å². The van der Waals surface area contributed by atoms with Gasteiger partial charge in [-0.15, -0.1) is 10.2 Å². The lowest BCUT2D eigenvalue weighted by atomic mass is 10.1. The first-order valence-electron chi connectivity index (χ1n) is 13.1. The smallest absolute Gasteiger partial charge is 0.248 e. The molecule has 1 atom stereocenters.